The number of hydrogen-bond donors (Lipinski definition) is 1. The first kappa shape index (κ1) is 17.2. The second-order valence-corrected chi connectivity index (χ2v) is 7.59. The maximum absolute atomic E-state index is 12.7. The molecule has 0 spiro atoms. The Morgan fingerprint density at radius 3 is 2.73 bits per heavy atom. The Bertz CT molecular complexity index is 677. The highest BCUT2D eigenvalue weighted by Gasteiger charge is 2.30. The molecule has 0 aliphatic carbocycles. The fraction of sp³-hybridized carbons (Fsp3) is 0.500. The van der Waals surface area contributed by atoms with Gasteiger partial charge in [0.1, 0.15) is 0 Å². The first-order chi connectivity index (χ1) is 10.3. The summed E-state index contributed by atoms with van der Waals surface area (Å²) >= 11 is 6.09. The summed E-state index contributed by atoms with van der Waals surface area (Å²) in [5, 5.41) is 0.228. The van der Waals surface area contributed by atoms with Gasteiger partial charge in [-0.25, -0.2) is 13.1 Å². The van der Waals surface area contributed by atoms with E-state index in [4.69, 9.17) is 16.3 Å². The molecule has 8 heteroatoms. The number of rotatable bonds is 3. The molecule has 1 aliphatic heterocycles. The Morgan fingerprint density at radius 1 is 1.41 bits per heavy atom. The van der Waals surface area contributed by atoms with Gasteiger partial charge in [-0.1, -0.05) is 11.6 Å². The molecular weight excluding hydrogens is 328 g/mol. The van der Waals surface area contributed by atoms with Crippen LogP contribution in [-0.2, 0) is 14.8 Å². The van der Waals surface area contributed by atoms with Crippen LogP contribution in [0.1, 0.15) is 24.2 Å². The molecule has 1 fully saturated rings. The van der Waals surface area contributed by atoms with E-state index in [0.717, 1.165) is 0 Å². The average Bonchev–Trinajstić information content (AvgIpc) is 2.49. The predicted molar refractivity (Wildman–Crippen MR) is 83.6 cm³/mol. The van der Waals surface area contributed by atoms with Gasteiger partial charge >= 0.3 is 0 Å². The van der Waals surface area contributed by atoms with E-state index in [1.165, 1.54) is 25.2 Å². The van der Waals surface area contributed by atoms with E-state index in [1.54, 1.807) is 4.90 Å². The lowest BCUT2D eigenvalue weighted by Crippen LogP contribution is -2.50. The zero-order valence-corrected chi connectivity index (χ0v) is 14.2. The van der Waals surface area contributed by atoms with Crippen molar-refractivity contribution in [1.29, 1.82) is 0 Å². The van der Waals surface area contributed by atoms with Gasteiger partial charge in [-0.2, -0.15) is 0 Å². The molecule has 122 valence electrons. The lowest BCUT2D eigenvalue weighted by molar-refractivity contribution is -0.0387. The monoisotopic (exact) mass is 346 g/mol. The highest BCUT2D eigenvalue weighted by molar-refractivity contribution is 7.89. The zero-order valence-electron chi connectivity index (χ0n) is 12.7. The summed E-state index contributed by atoms with van der Waals surface area (Å²) in [5.74, 6) is -0.291. The number of ether oxygens (including phenoxy) is 1. The number of sulfonamides is 1. The maximum Gasteiger partial charge on any atom is 0.255 e. The van der Waals surface area contributed by atoms with E-state index < -0.39 is 10.0 Å². The minimum absolute atomic E-state index is 0.0108. The molecule has 0 bridgehead atoms. The van der Waals surface area contributed by atoms with Crippen molar-refractivity contribution in [1.82, 2.24) is 9.62 Å². The molecule has 1 N–H and O–H groups in total. The average molecular weight is 347 g/mol. The van der Waals surface area contributed by atoms with E-state index in [-0.39, 0.29) is 33.5 Å². The van der Waals surface area contributed by atoms with Crippen LogP contribution in [0.2, 0.25) is 5.02 Å². The SMILES string of the molecule is CNS(=O)(=O)c1ccc(Cl)c(C(=O)N2C[C@@H](C)OC[C@@H]2C)c1. The number of carbonyl (C=O) groups excluding carboxylic acids is 1. The van der Waals surface area contributed by atoms with Gasteiger partial charge in [0.05, 0.1) is 34.2 Å². The van der Waals surface area contributed by atoms with Crippen molar-refractivity contribution in [3.8, 4) is 0 Å². The third-order valence-electron chi connectivity index (χ3n) is 3.62. The van der Waals surface area contributed by atoms with Crippen molar-refractivity contribution in [3.05, 3.63) is 28.8 Å². The Morgan fingerprint density at radius 2 is 2.09 bits per heavy atom. The Hall–Kier alpha value is -1.15. The van der Waals surface area contributed by atoms with Crippen LogP contribution in [0.4, 0.5) is 0 Å². The number of benzene rings is 1. The fourth-order valence-corrected chi connectivity index (χ4v) is 3.25. The van der Waals surface area contributed by atoms with Crippen LogP contribution in [0, 0.1) is 0 Å². The number of nitrogens with one attached hydrogen (secondary N) is 1. The summed E-state index contributed by atoms with van der Waals surface area (Å²) in [4.78, 5) is 14.4. The Kier molecular flexibility index (Phi) is 5.11. The van der Waals surface area contributed by atoms with E-state index in [9.17, 15) is 13.2 Å². The summed E-state index contributed by atoms with van der Waals surface area (Å²) in [6, 6.07) is 4.01. The van der Waals surface area contributed by atoms with Crippen LogP contribution >= 0.6 is 11.6 Å². The van der Waals surface area contributed by atoms with Gasteiger partial charge in [0.15, 0.2) is 0 Å². The summed E-state index contributed by atoms with van der Waals surface area (Å²) < 4.78 is 31.5. The third kappa shape index (κ3) is 3.43. The molecule has 0 saturated carbocycles. The lowest BCUT2D eigenvalue weighted by atomic mass is 10.1. The van der Waals surface area contributed by atoms with Crippen molar-refractivity contribution in [3.63, 3.8) is 0 Å². The molecule has 6 nitrogen and oxygen atoms in total. The molecule has 1 aromatic carbocycles. The normalized spacial score (nSPS) is 22.6. The van der Waals surface area contributed by atoms with Gasteiger partial charge in [-0.3, -0.25) is 4.79 Å². The van der Waals surface area contributed by atoms with Gasteiger partial charge in [-0.15, -0.1) is 0 Å². The van der Waals surface area contributed by atoms with E-state index >= 15 is 0 Å². The molecule has 22 heavy (non-hydrogen) atoms. The summed E-state index contributed by atoms with van der Waals surface area (Å²) in [7, 11) is -2.31. The summed E-state index contributed by atoms with van der Waals surface area (Å²) in [5.41, 5.74) is 0.180. The Labute approximate surface area is 135 Å². The van der Waals surface area contributed by atoms with Crippen molar-refractivity contribution in [2.75, 3.05) is 20.2 Å². The molecule has 0 aromatic heterocycles. The highest BCUT2D eigenvalue weighted by atomic mass is 35.5. The quantitative estimate of drug-likeness (QED) is 0.899. The van der Waals surface area contributed by atoms with Gasteiger partial charge in [-0.05, 0) is 39.1 Å². The molecule has 2 atom stereocenters. The number of morpholine rings is 1. The second kappa shape index (κ2) is 6.54. The number of hydrogen-bond acceptors (Lipinski definition) is 4. The van der Waals surface area contributed by atoms with E-state index in [0.29, 0.717) is 13.2 Å². The molecule has 2 rings (SSSR count). The minimum atomic E-state index is -3.63. The number of amides is 1. The van der Waals surface area contributed by atoms with Crippen LogP contribution in [0.3, 0.4) is 0 Å². The fourth-order valence-electron chi connectivity index (χ4n) is 2.29. The summed E-state index contributed by atoms with van der Waals surface area (Å²) in [6.07, 6.45) is -0.0665. The first-order valence-corrected chi connectivity index (χ1v) is 8.78. The number of halogens is 1. The minimum Gasteiger partial charge on any atom is -0.375 e. The van der Waals surface area contributed by atoms with Crippen LogP contribution in [0.5, 0.6) is 0 Å². The van der Waals surface area contributed by atoms with Crippen LogP contribution in [0.25, 0.3) is 0 Å². The van der Waals surface area contributed by atoms with Crippen LogP contribution in [-0.4, -0.2) is 51.6 Å². The first-order valence-electron chi connectivity index (χ1n) is 6.92. The molecule has 1 heterocycles. The van der Waals surface area contributed by atoms with Gasteiger partial charge in [0.25, 0.3) is 5.91 Å². The molecule has 0 radical (unpaired) electrons. The third-order valence-corrected chi connectivity index (χ3v) is 5.36. The van der Waals surface area contributed by atoms with Gasteiger partial charge in [0.2, 0.25) is 10.0 Å². The Balaban J connectivity index is 2.39. The summed E-state index contributed by atoms with van der Waals surface area (Å²) in [6.45, 7) is 4.65. The molecular formula is C14H19ClN2O4S. The number of nitrogens with zero attached hydrogens (tertiary/aromatic N) is 1. The van der Waals surface area contributed by atoms with Crippen molar-refractivity contribution < 1.29 is 17.9 Å². The highest BCUT2D eigenvalue weighted by Crippen LogP contribution is 2.24. The number of carbonyl (C=O) groups is 1. The molecule has 1 saturated heterocycles. The van der Waals surface area contributed by atoms with Gasteiger partial charge in [0, 0.05) is 6.54 Å². The molecule has 1 aromatic rings. The second-order valence-electron chi connectivity index (χ2n) is 5.30. The molecule has 1 aliphatic rings. The van der Waals surface area contributed by atoms with E-state index in [1.807, 2.05) is 13.8 Å². The van der Waals surface area contributed by atoms with Crippen molar-refractivity contribution in [2.45, 2.75) is 30.9 Å². The van der Waals surface area contributed by atoms with Crippen molar-refractivity contribution >= 4 is 27.5 Å². The molecule has 0 unspecified atom stereocenters. The molecule has 1 amide bonds. The maximum atomic E-state index is 12.7. The standard InChI is InChI=1S/C14H19ClN2O4S/c1-9-8-21-10(2)7-17(9)14(18)12-6-11(4-5-13(12)15)22(19,20)16-3/h4-6,9-10,16H,7-8H2,1-3H3/t9-,10+/m0/s1. The van der Waals surface area contributed by atoms with Crippen molar-refractivity contribution in [2.24, 2.45) is 0 Å². The topological polar surface area (TPSA) is 75.7 Å². The predicted octanol–water partition coefficient (Wildman–Crippen LogP) is 1.50. The largest absolute Gasteiger partial charge is 0.375 e. The zero-order chi connectivity index (χ0) is 16.5. The van der Waals surface area contributed by atoms with E-state index in [2.05, 4.69) is 4.72 Å². The smallest absolute Gasteiger partial charge is 0.255 e. The van der Waals surface area contributed by atoms with Gasteiger partial charge < -0.3 is 9.64 Å². The van der Waals surface area contributed by atoms with Crippen LogP contribution in [0.15, 0.2) is 23.1 Å². The lowest BCUT2D eigenvalue weighted by Gasteiger charge is -2.37. The van der Waals surface area contributed by atoms with Crippen LogP contribution < -0.4 is 4.72 Å².